The van der Waals surface area contributed by atoms with Crippen molar-refractivity contribution in [2.24, 2.45) is 5.73 Å². The van der Waals surface area contributed by atoms with Crippen LogP contribution in [0, 0.1) is 0 Å². The van der Waals surface area contributed by atoms with E-state index in [1.165, 1.54) is 0 Å². The molecule has 0 aliphatic rings. The fourth-order valence-electron chi connectivity index (χ4n) is 1.15. The van der Waals surface area contributed by atoms with Crippen molar-refractivity contribution < 1.29 is 33.0 Å². The van der Waals surface area contributed by atoms with E-state index in [2.05, 4.69) is 10.1 Å². The summed E-state index contributed by atoms with van der Waals surface area (Å²) in [6.07, 6.45) is -3.18. The van der Waals surface area contributed by atoms with Gasteiger partial charge in [-0.15, -0.1) is 0 Å². The van der Waals surface area contributed by atoms with Crippen molar-refractivity contribution in [3.63, 3.8) is 0 Å². The van der Waals surface area contributed by atoms with E-state index in [1.807, 2.05) is 0 Å². The minimum Gasteiger partial charge on any atom is -0.480 e. The van der Waals surface area contributed by atoms with E-state index in [-0.39, 0.29) is 25.9 Å². The van der Waals surface area contributed by atoms with E-state index in [0.717, 1.165) is 0 Å². The lowest BCUT2D eigenvalue weighted by molar-refractivity contribution is -0.142. The fourth-order valence-corrected chi connectivity index (χ4v) is 1.15. The van der Waals surface area contributed by atoms with Crippen molar-refractivity contribution in [3.8, 4) is 0 Å². The molecule has 1 unspecified atom stereocenters. The van der Waals surface area contributed by atoms with Gasteiger partial charge in [-0.25, -0.2) is 13.6 Å². The fraction of sp³-hybridized carbons (Fsp3) is 0.700. The number of aliphatic carboxylic acids is 1. The minimum atomic E-state index is -2.62. The zero-order chi connectivity index (χ0) is 14.8. The molecule has 19 heavy (non-hydrogen) atoms. The Hall–Kier alpha value is -1.77. The van der Waals surface area contributed by atoms with Crippen LogP contribution in [0.4, 0.5) is 8.78 Å². The molecular formula is C10H16F2N2O5. The summed E-state index contributed by atoms with van der Waals surface area (Å²) in [5.74, 6) is -2.64. The number of halogens is 2. The van der Waals surface area contributed by atoms with Gasteiger partial charge in [0.15, 0.2) is 0 Å². The van der Waals surface area contributed by atoms with Crippen molar-refractivity contribution in [3.05, 3.63) is 0 Å². The Kier molecular flexibility index (Phi) is 8.34. The summed E-state index contributed by atoms with van der Waals surface area (Å²) in [7, 11) is 0. The molecule has 0 radical (unpaired) electrons. The standard InChI is InChI=1S/C10H16F2N2O5/c11-7(12)5-19-4-3-9(16)14-6(10(17)18)1-2-8(13)15/h6-7H,1-5H2,(H2,13,15)(H,14,16)(H,17,18). The molecular weight excluding hydrogens is 266 g/mol. The Labute approximate surface area is 108 Å². The molecule has 0 heterocycles. The molecule has 0 saturated carbocycles. The Balaban J connectivity index is 3.96. The highest BCUT2D eigenvalue weighted by atomic mass is 19.3. The predicted octanol–water partition coefficient (Wildman–Crippen LogP) is -0.507. The molecule has 0 spiro atoms. The van der Waals surface area contributed by atoms with Gasteiger partial charge in [-0.2, -0.15) is 0 Å². The lowest BCUT2D eigenvalue weighted by Crippen LogP contribution is -2.41. The molecule has 0 fully saturated rings. The van der Waals surface area contributed by atoms with Crippen LogP contribution in [0.15, 0.2) is 0 Å². The van der Waals surface area contributed by atoms with Gasteiger partial charge in [0, 0.05) is 12.8 Å². The number of carbonyl (C=O) groups is 3. The van der Waals surface area contributed by atoms with Gasteiger partial charge in [-0.3, -0.25) is 9.59 Å². The summed E-state index contributed by atoms with van der Waals surface area (Å²) >= 11 is 0. The number of amides is 2. The van der Waals surface area contributed by atoms with Crippen LogP contribution in [0.2, 0.25) is 0 Å². The largest absolute Gasteiger partial charge is 0.480 e. The van der Waals surface area contributed by atoms with Crippen molar-refractivity contribution >= 4 is 17.8 Å². The van der Waals surface area contributed by atoms with E-state index in [0.29, 0.717) is 0 Å². The number of nitrogens with two attached hydrogens (primary N) is 1. The number of carboxylic acids is 1. The first-order valence-electron chi connectivity index (χ1n) is 5.49. The maximum absolute atomic E-state index is 11.7. The monoisotopic (exact) mass is 282 g/mol. The molecule has 1 atom stereocenters. The Morgan fingerprint density at radius 3 is 2.37 bits per heavy atom. The topological polar surface area (TPSA) is 119 Å². The summed E-state index contributed by atoms with van der Waals surface area (Å²) in [6.45, 7) is -1.02. The van der Waals surface area contributed by atoms with Crippen molar-refractivity contribution in [2.45, 2.75) is 31.7 Å². The van der Waals surface area contributed by atoms with Gasteiger partial charge in [0.2, 0.25) is 11.8 Å². The van der Waals surface area contributed by atoms with Crippen LogP contribution in [0.1, 0.15) is 19.3 Å². The molecule has 0 aromatic rings. The van der Waals surface area contributed by atoms with Gasteiger partial charge < -0.3 is 20.9 Å². The highest BCUT2D eigenvalue weighted by Gasteiger charge is 2.20. The zero-order valence-electron chi connectivity index (χ0n) is 10.1. The number of ether oxygens (including phenoxy) is 1. The number of hydrogen-bond acceptors (Lipinski definition) is 4. The van der Waals surface area contributed by atoms with E-state index in [4.69, 9.17) is 10.8 Å². The van der Waals surface area contributed by atoms with Crippen LogP contribution in [-0.4, -0.2) is 48.6 Å². The first-order valence-corrected chi connectivity index (χ1v) is 5.49. The molecule has 4 N–H and O–H groups in total. The normalized spacial score (nSPS) is 12.2. The highest BCUT2D eigenvalue weighted by molar-refractivity contribution is 5.84. The Morgan fingerprint density at radius 1 is 1.26 bits per heavy atom. The van der Waals surface area contributed by atoms with Gasteiger partial charge in [-0.05, 0) is 6.42 Å². The summed E-state index contributed by atoms with van der Waals surface area (Å²) in [4.78, 5) is 32.6. The second-order valence-electron chi connectivity index (χ2n) is 3.68. The van der Waals surface area contributed by atoms with E-state index in [1.54, 1.807) is 0 Å². The molecule has 0 rings (SSSR count). The number of rotatable bonds is 10. The Morgan fingerprint density at radius 2 is 1.89 bits per heavy atom. The zero-order valence-corrected chi connectivity index (χ0v) is 10.1. The number of alkyl halides is 2. The molecule has 9 heteroatoms. The van der Waals surface area contributed by atoms with Crippen molar-refractivity contribution in [1.82, 2.24) is 5.32 Å². The molecule has 0 bridgehead atoms. The second kappa shape index (κ2) is 9.20. The van der Waals surface area contributed by atoms with Crippen LogP contribution in [-0.2, 0) is 19.1 Å². The third kappa shape index (κ3) is 9.89. The van der Waals surface area contributed by atoms with Crippen LogP contribution in [0.3, 0.4) is 0 Å². The molecule has 0 aliphatic carbocycles. The van der Waals surface area contributed by atoms with Gasteiger partial charge in [0.25, 0.3) is 6.43 Å². The maximum atomic E-state index is 11.7. The van der Waals surface area contributed by atoms with Crippen LogP contribution in [0.25, 0.3) is 0 Å². The highest BCUT2D eigenvalue weighted by Crippen LogP contribution is 1.99. The number of carbonyl (C=O) groups excluding carboxylic acids is 2. The smallest absolute Gasteiger partial charge is 0.326 e. The minimum absolute atomic E-state index is 0.131. The van der Waals surface area contributed by atoms with Crippen LogP contribution in [0.5, 0.6) is 0 Å². The lowest BCUT2D eigenvalue weighted by atomic mass is 10.1. The third-order valence-corrected chi connectivity index (χ3v) is 2.03. The molecule has 7 nitrogen and oxygen atoms in total. The van der Waals surface area contributed by atoms with Gasteiger partial charge in [-0.1, -0.05) is 0 Å². The Bertz CT molecular complexity index is 325. The molecule has 0 aliphatic heterocycles. The second-order valence-corrected chi connectivity index (χ2v) is 3.68. The number of nitrogens with one attached hydrogen (secondary N) is 1. The SMILES string of the molecule is NC(=O)CCC(NC(=O)CCOCC(F)F)C(=O)O. The summed E-state index contributed by atoms with van der Waals surface area (Å²) in [5.41, 5.74) is 4.86. The average molecular weight is 282 g/mol. The molecule has 110 valence electrons. The van der Waals surface area contributed by atoms with Gasteiger partial charge >= 0.3 is 5.97 Å². The number of hydrogen-bond donors (Lipinski definition) is 3. The first kappa shape index (κ1) is 17.2. The van der Waals surface area contributed by atoms with E-state index < -0.39 is 36.9 Å². The van der Waals surface area contributed by atoms with Gasteiger partial charge in [0.1, 0.15) is 12.6 Å². The quantitative estimate of drug-likeness (QED) is 0.466. The molecule has 2 amide bonds. The maximum Gasteiger partial charge on any atom is 0.326 e. The summed E-state index contributed by atoms with van der Waals surface area (Å²) in [5, 5.41) is 10.9. The number of carboxylic acid groups (broad SMARTS) is 1. The van der Waals surface area contributed by atoms with E-state index in [9.17, 15) is 23.2 Å². The molecule has 0 saturated heterocycles. The van der Waals surface area contributed by atoms with Gasteiger partial charge in [0.05, 0.1) is 6.61 Å². The first-order chi connectivity index (χ1) is 8.82. The van der Waals surface area contributed by atoms with Crippen molar-refractivity contribution in [1.29, 1.82) is 0 Å². The third-order valence-electron chi connectivity index (χ3n) is 2.03. The number of primary amides is 1. The van der Waals surface area contributed by atoms with E-state index >= 15 is 0 Å². The van der Waals surface area contributed by atoms with Crippen LogP contribution >= 0.6 is 0 Å². The summed E-state index contributed by atoms with van der Waals surface area (Å²) < 4.78 is 27.9. The van der Waals surface area contributed by atoms with Crippen molar-refractivity contribution in [2.75, 3.05) is 13.2 Å². The lowest BCUT2D eigenvalue weighted by Gasteiger charge is -2.13. The molecule has 0 aromatic heterocycles. The molecule has 0 aromatic carbocycles. The summed E-state index contributed by atoms with van der Waals surface area (Å²) in [6, 6.07) is -1.24. The predicted molar refractivity (Wildman–Crippen MR) is 59.4 cm³/mol. The van der Waals surface area contributed by atoms with Crippen LogP contribution < -0.4 is 11.1 Å². The average Bonchev–Trinajstić information content (AvgIpc) is 2.29.